The minimum Gasteiger partial charge on any atom is -0.361 e. The molecule has 0 amide bonds. The first-order valence-corrected chi connectivity index (χ1v) is 7.54. The van der Waals surface area contributed by atoms with E-state index in [0.717, 1.165) is 50.1 Å². The molecule has 0 aromatic carbocycles. The fourth-order valence-electron chi connectivity index (χ4n) is 2.89. The van der Waals surface area contributed by atoms with E-state index in [1.54, 1.807) is 0 Å². The molecule has 3 heterocycles. The van der Waals surface area contributed by atoms with Crippen LogP contribution in [0.25, 0.3) is 0 Å². The summed E-state index contributed by atoms with van der Waals surface area (Å²) in [5, 5.41) is 7.56. The molecule has 3 rings (SSSR count). The van der Waals surface area contributed by atoms with E-state index in [1.165, 1.54) is 12.0 Å². The van der Waals surface area contributed by atoms with Crippen molar-refractivity contribution in [3.8, 4) is 0 Å². The van der Waals surface area contributed by atoms with E-state index in [2.05, 4.69) is 26.4 Å². The van der Waals surface area contributed by atoms with Crippen LogP contribution in [0.15, 0.2) is 35.1 Å². The second-order valence-corrected chi connectivity index (χ2v) is 5.82. The van der Waals surface area contributed by atoms with Crippen molar-refractivity contribution in [1.29, 1.82) is 0 Å². The Balaban J connectivity index is 1.67. The first-order chi connectivity index (χ1) is 10.3. The molecule has 112 valence electrons. The highest BCUT2D eigenvalue weighted by Gasteiger charge is 2.19. The Morgan fingerprint density at radius 3 is 3.05 bits per heavy atom. The molecule has 0 saturated carbocycles. The van der Waals surface area contributed by atoms with Crippen molar-refractivity contribution in [1.82, 2.24) is 20.4 Å². The van der Waals surface area contributed by atoms with Gasteiger partial charge in [0, 0.05) is 38.1 Å². The van der Waals surface area contributed by atoms with Crippen LogP contribution in [0.4, 0.5) is 0 Å². The van der Waals surface area contributed by atoms with Gasteiger partial charge in [0.15, 0.2) is 0 Å². The number of nitrogens with one attached hydrogen (secondary N) is 1. The van der Waals surface area contributed by atoms with Gasteiger partial charge in [-0.25, -0.2) is 0 Å². The summed E-state index contributed by atoms with van der Waals surface area (Å²) in [6, 6.07) is 6.13. The van der Waals surface area contributed by atoms with Crippen LogP contribution in [-0.4, -0.2) is 34.7 Å². The maximum atomic E-state index is 5.18. The Labute approximate surface area is 125 Å². The predicted octanol–water partition coefficient (Wildman–Crippen LogP) is 1.99. The van der Waals surface area contributed by atoms with Gasteiger partial charge in [-0.3, -0.25) is 9.88 Å². The van der Waals surface area contributed by atoms with Crippen molar-refractivity contribution in [2.75, 3.05) is 19.6 Å². The molecule has 0 aliphatic carbocycles. The highest BCUT2D eigenvalue weighted by atomic mass is 16.5. The van der Waals surface area contributed by atoms with Crippen molar-refractivity contribution in [2.24, 2.45) is 5.92 Å². The lowest BCUT2D eigenvalue weighted by Crippen LogP contribution is -2.30. The van der Waals surface area contributed by atoms with Crippen molar-refractivity contribution >= 4 is 0 Å². The summed E-state index contributed by atoms with van der Waals surface area (Å²) in [5.41, 5.74) is 2.24. The summed E-state index contributed by atoms with van der Waals surface area (Å²) in [4.78, 5) is 6.64. The number of aryl methyl sites for hydroxylation is 1. The van der Waals surface area contributed by atoms with Gasteiger partial charge in [0.1, 0.15) is 5.76 Å². The molecule has 0 radical (unpaired) electrons. The van der Waals surface area contributed by atoms with Crippen LogP contribution in [0.1, 0.15) is 23.4 Å². The van der Waals surface area contributed by atoms with Gasteiger partial charge in [0.2, 0.25) is 0 Å². The van der Waals surface area contributed by atoms with Crippen LogP contribution in [0.5, 0.6) is 0 Å². The number of nitrogens with zero attached hydrogens (tertiary/aromatic N) is 3. The standard InChI is InChI=1S/C16H22N4O/c1-13-7-16(19-21-13)12-20(11-15-4-6-18-9-15)10-14-3-2-5-17-8-14/h2-3,5,7-8,15,18H,4,6,9-12H2,1H3/t15-/m0/s1. The average Bonchev–Trinajstić information content (AvgIpc) is 3.12. The topological polar surface area (TPSA) is 54.2 Å². The fourth-order valence-corrected chi connectivity index (χ4v) is 2.89. The van der Waals surface area contributed by atoms with Crippen LogP contribution in [0.2, 0.25) is 0 Å². The maximum absolute atomic E-state index is 5.18. The third-order valence-corrected chi connectivity index (χ3v) is 3.87. The number of rotatable bonds is 6. The van der Waals surface area contributed by atoms with Gasteiger partial charge in [-0.15, -0.1) is 0 Å². The van der Waals surface area contributed by atoms with Gasteiger partial charge in [0.25, 0.3) is 0 Å². The van der Waals surface area contributed by atoms with Gasteiger partial charge in [0.05, 0.1) is 5.69 Å². The van der Waals surface area contributed by atoms with E-state index < -0.39 is 0 Å². The lowest BCUT2D eigenvalue weighted by Gasteiger charge is -2.24. The quantitative estimate of drug-likeness (QED) is 0.880. The van der Waals surface area contributed by atoms with Crippen molar-refractivity contribution in [3.63, 3.8) is 0 Å². The summed E-state index contributed by atoms with van der Waals surface area (Å²) < 4.78 is 5.18. The smallest absolute Gasteiger partial charge is 0.133 e. The monoisotopic (exact) mass is 286 g/mol. The maximum Gasteiger partial charge on any atom is 0.133 e. The minimum absolute atomic E-state index is 0.717. The molecular weight excluding hydrogens is 264 g/mol. The zero-order valence-electron chi connectivity index (χ0n) is 12.5. The van der Waals surface area contributed by atoms with Crippen LogP contribution in [0, 0.1) is 12.8 Å². The summed E-state index contributed by atoms with van der Waals surface area (Å²) >= 11 is 0. The summed E-state index contributed by atoms with van der Waals surface area (Å²) in [6.07, 6.45) is 5.01. The number of hydrogen-bond acceptors (Lipinski definition) is 5. The lowest BCUT2D eigenvalue weighted by atomic mass is 10.1. The molecule has 2 aromatic heterocycles. The summed E-state index contributed by atoms with van der Waals surface area (Å²) in [5.74, 6) is 1.59. The molecule has 1 saturated heterocycles. The summed E-state index contributed by atoms with van der Waals surface area (Å²) in [7, 11) is 0. The Kier molecular flexibility index (Phi) is 4.62. The van der Waals surface area contributed by atoms with Crippen molar-refractivity contribution < 1.29 is 4.52 Å². The molecule has 1 aliphatic heterocycles. The Morgan fingerprint density at radius 2 is 2.38 bits per heavy atom. The van der Waals surface area contributed by atoms with Crippen LogP contribution in [-0.2, 0) is 13.1 Å². The third-order valence-electron chi connectivity index (χ3n) is 3.87. The average molecular weight is 286 g/mol. The van der Waals surface area contributed by atoms with E-state index in [9.17, 15) is 0 Å². The first-order valence-electron chi connectivity index (χ1n) is 7.54. The highest BCUT2D eigenvalue weighted by Crippen LogP contribution is 2.15. The lowest BCUT2D eigenvalue weighted by molar-refractivity contribution is 0.214. The number of pyridine rings is 1. The largest absolute Gasteiger partial charge is 0.361 e. The fraction of sp³-hybridized carbons (Fsp3) is 0.500. The molecular formula is C16H22N4O. The molecule has 1 aliphatic rings. The molecule has 1 atom stereocenters. The first kappa shape index (κ1) is 14.2. The molecule has 1 N–H and O–H groups in total. The van der Waals surface area contributed by atoms with E-state index in [0.29, 0.717) is 0 Å². The SMILES string of the molecule is Cc1cc(CN(Cc2cccnc2)C[C@H]2CCNC2)no1. The normalized spacial score (nSPS) is 18.5. The van der Waals surface area contributed by atoms with Gasteiger partial charge in [-0.1, -0.05) is 11.2 Å². The zero-order chi connectivity index (χ0) is 14.5. The van der Waals surface area contributed by atoms with E-state index in [4.69, 9.17) is 4.52 Å². The van der Waals surface area contributed by atoms with Crippen LogP contribution in [0.3, 0.4) is 0 Å². The van der Waals surface area contributed by atoms with E-state index in [-0.39, 0.29) is 0 Å². The molecule has 5 nitrogen and oxygen atoms in total. The third kappa shape index (κ3) is 4.12. The highest BCUT2D eigenvalue weighted by molar-refractivity contribution is 5.09. The second kappa shape index (κ2) is 6.83. The molecule has 2 aromatic rings. The minimum atomic E-state index is 0.717. The Bertz CT molecular complexity index is 548. The molecule has 1 fully saturated rings. The van der Waals surface area contributed by atoms with Gasteiger partial charge < -0.3 is 9.84 Å². The van der Waals surface area contributed by atoms with E-state index in [1.807, 2.05) is 31.5 Å². The molecule has 0 bridgehead atoms. The van der Waals surface area contributed by atoms with E-state index >= 15 is 0 Å². The Hall–Kier alpha value is -1.72. The molecule has 21 heavy (non-hydrogen) atoms. The van der Waals surface area contributed by atoms with Gasteiger partial charge in [-0.05, 0) is 44.0 Å². The van der Waals surface area contributed by atoms with Crippen LogP contribution >= 0.6 is 0 Å². The predicted molar refractivity (Wildman–Crippen MR) is 80.6 cm³/mol. The molecule has 5 heteroatoms. The van der Waals surface area contributed by atoms with Crippen molar-refractivity contribution in [3.05, 3.63) is 47.6 Å². The zero-order valence-corrected chi connectivity index (χ0v) is 12.5. The number of aromatic nitrogens is 2. The summed E-state index contributed by atoms with van der Waals surface area (Å²) in [6.45, 7) is 6.98. The Morgan fingerprint density at radius 1 is 1.43 bits per heavy atom. The molecule has 0 unspecified atom stereocenters. The van der Waals surface area contributed by atoms with Gasteiger partial charge >= 0.3 is 0 Å². The molecule has 0 spiro atoms. The van der Waals surface area contributed by atoms with Crippen molar-refractivity contribution in [2.45, 2.75) is 26.4 Å². The van der Waals surface area contributed by atoms with Crippen LogP contribution < -0.4 is 5.32 Å². The number of hydrogen-bond donors (Lipinski definition) is 1. The second-order valence-electron chi connectivity index (χ2n) is 5.82. The van der Waals surface area contributed by atoms with Gasteiger partial charge in [-0.2, -0.15) is 0 Å².